The lowest BCUT2D eigenvalue weighted by Gasteiger charge is -2.38. The van der Waals surface area contributed by atoms with Crippen LogP contribution in [-0.2, 0) is 6.42 Å². The van der Waals surface area contributed by atoms with Crippen molar-refractivity contribution >= 4 is 23.3 Å². The van der Waals surface area contributed by atoms with Crippen LogP contribution >= 0.6 is 11.6 Å². The van der Waals surface area contributed by atoms with E-state index in [1.165, 1.54) is 47.2 Å². The van der Waals surface area contributed by atoms with Crippen molar-refractivity contribution in [2.75, 3.05) is 13.1 Å². The molecule has 4 heteroatoms. The van der Waals surface area contributed by atoms with Crippen molar-refractivity contribution in [2.45, 2.75) is 38.1 Å². The van der Waals surface area contributed by atoms with Crippen molar-refractivity contribution in [3.8, 4) is 0 Å². The second-order valence-corrected chi connectivity index (χ2v) is 8.07. The fourth-order valence-electron chi connectivity index (χ4n) is 4.50. The number of guanidine groups is 1. The zero-order valence-corrected chi connectivity index (χ0v) is 16.2. The number of aryl methyl sites for hydroxylation is 1. The molecule has 2 heterocycles. The van der Waals surface area contributed by atoms with E-state index in [0.717, 1.165) is 36.9 Å². The number of halogens is 1. The first kappa shape index (κ1) is 16.9. The minimum atomic E-state index is 0.0730. The Morgan fingerprint density at radius 1 is 0.926 bits per heavy atom. The van der Waals surface area contributed by atoms with Crippen molar-refractivity contribution in [3.63, 3.8) is 0 Å². The smallest absolute Gasteiger partial charge is 0.199 e. The number of aliphatic imine (C=N–C) groups is 1. The third-order valence-corrected chi connectivity index (χ3v) is 6.18. The molecule has 0 bridgehead atoms. The van der Waals surface area contributed by atoms with Crippen LogP contribution < -0.4 is 5.32 Å². The van der Waals surface area contributed by atoms with E-state index >= 15 is 0 Å². The van der Waals surface area contributed by atoms with Gasteiger partial charge in [-0.25, -0.2) is 4.99 Å². The van der Waals surface area contributed by atoms with E-state index < -0.39 is 0 Å². The first-order valence-electron chi connectivity index (χ1n) is 9.96. The summed E-state index contributed by atoms with van der Waals surface area (Å²) in [5.41, 5.74) is 6.66. The SMILES string of the molecule is Clc1ccc(C2N=C(N3CCCCC3)NC3=C2CCc2ccccc23)cc1. The molecule has 1 unspecified atom stereocenters. The van der Waals surface area contributed by atoms with Crippen LogP contribution in [0.15, 0.2) is 59.1 Å². The van der Waals surface area contributed by atoms with E-state index in [1.54, 1.807) is 0 Å². The molecule has 27 heavy (non-hydrogen) atoms. The standard InChI is InChI=1S/C23H24ClN3/c24-18-11-8-17(9-12-18)21-20-13-10-16-6-2-3-7-19(16)22(20)26-23(25-21)27-14-4-1-5-15-27/h2-3,6-9,11-12,21H,1,4-5,10,13-15H2,(H,25,26). The molecule has 1 aliphatic carbocycles. The highest BCUT2D eigenvalue weighted by molar-refractivity contribution is 6.30. The zero-order valence-electron chi connectivity index (χ0n) is 15.4. The van der Waals surface area contributed by atoms with Gasteiger partial charge in [0, 0.05) is 23.7 Å². The number of fused-ring (bicyclic) bond motifs is 2. The van der Waals surface area contributed by atoms with Gasteiger partial charge in [-0.2, -0.15) is 0 Å². The molecule has 0 spiro atoms. The zero-order chi connectivity index (χ0) is 18.2. The molecule has 0 amide bonds. The van der Waals surface area contributed by atoms with Gasteiger partial charge in [0.25, 0.3) is 0 Å². The van der Waals surface area contributed by atoms with Gasteiger partial charge in [0.05, 0.1) is 5.70 Å². The average molecular weight is 378 g/mol. The molecule has 1 fully saturated rings. The maximum absolute atomic E-state index is 6.14. The van der Waals surface area contributed by atoms with Crippen LogP contribution in [0, 0.1) is 0 Å². The van der Waals surface area contributed by atoms with Crippen LogP contribution in [0.1, 0.15) is 48.4 Å². The topological polar surface area (TPSA) is 27.6 Å². The van der Waals surface area contributed by atoms with Crippen LogP contribution in [0.25, 0.3) is 5.70 Å². The Morgan fingerprint density at radius 2 is 1.70 bits per heavy atom. The molecule has 2 aromatic rings. The fraction of sp³-hybridized carbons (Fsp3) is 0.348. The highest BCUT2D eigenvalue weighted by Crippen LogP contribution is 2.41. The van der Waals surface area contributed by atoms with Gasteiger partial charge in [-0.3, -0.25) is 0 Å². The Morgan fingerprint density at radius 3 is 2.52 bits per heavy atom. The van der Waals surface area contributed by atoms with Crippen molar-refractivity contribution in [1.82, 2.24) is 10.2 Å². The normalized spacial score (nSPS) is 21.9. The van der Waals surface area contributed by atoms with Crippen LogP contribution in [0.2, 0.25) is 5.02 Å². The Kier molecular flexibility index (Phi) is 4.41. The highest BCUT2D eigenvalue weighted by Gasteiger charge is 2.32. The van der Waals surface area contributed by atoms with E-state index in [2.05, 4.69) is 46.6 Å². The second-order valence-electron chi connectivity index (χ2n) is 7.64. The number of hydrogen-bond acceptors (Lipinski definition) is 3. The van der Waals surface area contributed by atoms with Crippen molar-refractivity contribution < 1.29 is 0 Å². The van der Waals surface area contributed by atoms with Gasteiger partial charge >= 0.3 is 0 Å². The first-order valence-corrected chi connectivity index (χ1v) is 10.3. The largest absolute Gasteiger partial charge is 0.343 e. The Hall–Kier alpha value is -2.26. The highest BCUT2D eigenvalue weighted by atomic mass is 35.5. The summed E-state index contributed by atoms with van der Waals surface area (Å²) in [6.07, 6.45) is 5.93. The lowest BCUT2D eigenvalue weighted by molar-refractivity contribution is 0.332. The Labute approximate surface area is 165 Å². The number of rotatable bonds is 1. The number of nitrogens with zero attached hydrogens (tertiary/aromatic N) is 2. The van der Waals surface area contributed by atoms with Crippen molar-refractivity contribution in [3.05, 3.63) is 75.8 Å². The van der Waals surface area contributed by atoms with E-state index in [-0.39, 0.29) is 6.04 Å². The van der Waals surface area contributed by atoms with Gasteiger partial charge in [0.2, 0.25) is 0 Å². The molecule has 2 aromatic carbocycles. The van der Waals surface area contributed by atoms with Crippen LogP contribution in [-0.4, -0.2) is 23.9 Å². The molecule has 3 aliphatic rings. The minimum absolute atomic E-state index is 0.0730. The summed E-state index contributed by atoms with van der Waals surface area (Å²) in [6, 6.07) is 17.1. The van der Waals surface area contributed by atoms with E-state index in [9.17, 15) is 0 Å². The first-order chi connectivity index (χ1) is 13.3. The second kappa shape index (κ2) is 7.05. The molecule has 0 saturated carbocycles. The molecule has 1 atom stereocenters. The summed E-state index contributed by atoms with van der Waals surface area (Å²) in [5, 5.41) is 4.50. The quantitative estimate of drug-likeness (QED) is 0.741. The third kappa shape index (κ3) is 3.14. The number of nitrogens with one attached hydrogen (secondary N) is 1. The summed E-state index contributed by atoms with van der Waals surface area (Å²) in [5.74, 6) is 1.03. The van der Waals surface area contributed by atoms with Gasteiger partial charge in [0.15, 0.2) is 5.96 Å². The number of benzene rings is 2. The molecule has 1 saturated heterocycles. The Bertz CT molecular complexity index is 907. The molecule has 0 aromatic heterocycles. The summed E-state index contributed by atoms with van der Waals surface area (Å²) >= 11 is 6.14. The maximum atomic E-state index is 6.14. The minimum Gasteiger partial charge on any atom is -0.343 e. The summed E-state index contributed by atoms with van der Waals surface area (Å²) < 4.78 is 0. The Balaban J connectivity index is 1.60. The molecule has 2 aliphatic heterocycles. The fourth-order valence-corrected chi connectivity index (χ4v) is 4.63. The predicted molar refractivity (Wildman–Crippen MR) is 112 cm³/mol. The molecule has 138 valence electrons. The molecule has 5 rings (SSSR count). The lowest BCUT2D eigenvalue weighted by atomic mass is 9.83. The number of piperidine rings is 1. The van der Waals surface area contributed by atoms with Crippen LogP contribution in [0.5, 0.6) is 0 Å². The van der Waals surface area contributed by atoms with Gasteiger partial charge in [-0.05, 0) is 60.9 Å². The molecule has 3 nitrogen and oxygen atoms in total. The van der Waals surface area contributed by atoms with Crippen LogP contribution in [0.4, 0.5) is 0 Å². The van der Waals surface area contributed by atoms with Crippen molar-refractivity contribution in [1.29, 1.82) is 0 Å². The summed E-state index contributed by atoms with van der Waals surface area (Å²) in [6.45, 7) is 2.17. The van der Waals surface area contributed by atoms with Gasteiger partial charge < -0.3 is 10.2 Å². The van der Waals surface area contributed by atoms with E-state index in [1.807, 2.05) is 12.1 Å². The lowest BCUT2D eigenvalue weighted by Crippen LogP contribution is -2.46. The summed E-state index contributed by atoms with van der Waals surface area (Å²) in [4.78, 5) is 7.62. The molecular formula is C23H24ClN3. The number of hydrogen-bond donors (Lipinski definition) is 1. The van der Waals surface area contributed by atoms with E-state index in [4.69, 9.17) is 16.6 Å². The van der Waals surface area contributed by atoms with Crippen molar-refractivity contribution in [2.24, 2.45) is 4.99 Å². The van der Waals surface area contributed by atoms with Gasteiger partial charge in [-0.1, -0.05) is 48.0 Å². The molecule has 0 radical (unpaired) electrons. The van der Waals surface area contributed by atoms with Gasteiger partial charge in [0.1, 0.15) is 6.04 Å². The third-order valence-electron chi connectivity index (χ3n) is 5.93. The maximum Gasteiger partial charge on any atom is 0.199 e. The van der Waals surface area contributed by atoms with Crippen LogP contribution in [0.3, 0.4) is 0 Å². The van der Waals surface area contributed by atoms with E-state index in [0.29, 0.717) is 0 Å². The van der Waals surface area contributed by atoms with Gasteiger partial charge in [-0.15, -0.1) is 0 Å². The predicted octanol–water partition coefficient (Wildman–Crippen LogP) is 5.18. The molecule has 1 N–H and O–H groups in total. The monoisotopic (exact) mass is 377 g/mol. The summed E-state index contributed by atoms with van der Waals surface area (Å²) in [7, 11) is 0. The molecular weight excluding hydrogens is 354 g/mol. The number of likely N-dealkylation sites (tertiary alicyclic amines) is 1. The average Bonchev–Trinajstić information content (AvgIpc) is 2.74.